The zero-order chi connectivity index (χ0) is 20.1. The fourth-order valence-corrected chi connectivity index (χ4v) is 4.16. The van der Waals surface area contributed by atoms with Crippen LogP contribution >= 0.6 is 46.8 Å². The van der Waals surface area contributed by atoms with Gasteiger partial charge in [0.25, 0.3) is 0 Å². The fourth-order valence-electron chi connectivity index (χ4n) is 2.82. The summed E-state index contributed by atoms with van der Waals surface area (Å²) in [7, 11) is 0. The van der Waals surface area contributed by atoms with Crippen LogP contribution in [0.3, 0.4) is 0 Å². The van der Waals surface area contributed by atoms with Crippen molar-refractivity contribution < 1.29 is 9.53 Å². The Morgan fingerprint density at radius 1 is 1.29 bits per heavy atom. The van der Waals surface area contributed by atoms with Gasteiger partial charge in [0.15, 0.2) is 10.2 Å². The molecule has 2 heterocycles. The lowest BCUT2D eigenvalue weighted by molar-refractivity contribution is -0.126. The van der Waals surface area contributed by atoms with Gasteiger partial charge in [-0.15, -0.1) is 0 Å². The molecule has 10 heteroatoms. The Morgan fingerprint density at radius 3 is 2.79 bits per heavy atom. The molecule has 0 N–H and O–H groups in total. The van der Waals surface area contributed by atoms with Crippen molar-refractivity contribution in [2.45, 2.75) is 24.6 Å². The van der Waals surface area contributed by atoms with Crippen molar-refractivity contribution in [1.29, 1.82) is 0 Å². The number of ether oxygens (including phenoxy) is 1. The van der Waals surface area contributed by atoms with Gasteiger partial charge >= 0.3 is 0 Å². The van der Waals surface area contributed by atoms with Gasteiger partial charge in [-0.3, -0.25) is 14.0 Å². The Bertz CT molecular complexity index is 842. The molecule has 0 spiro atoms. The number of hydrogen-bond acceptors (Lipinski definition) is 6. The third-order valence-electron chi connectivity index (χ3n) is 4.15. The van der Waals surface area contributed by atoms with Crippen molar-refractivity contribution in [3.8, 4) is 0 Å². The molecule has 1 atom stereocenters. The van der Waals surface area contributed by atoms with Crippen molar-refractivity contribution in [3.63, 3.8) is 0 Å². The Morgan fingerprint density at radius 2 is 2.07 bits per heavy atom. The largest absolute Gasteiger partial charge is 0.374 e. The van der Waals surface area contributed by atoms with E-state index in [1.54, 1.807) is 16.6 Å². The molecule has 1 fully saturated rings. The third-order valence-corrected chi connectivity index (χ3v) is 6.38. The van der Waals surface area contributed by atoms with E-state index in [0.29, 0.717) is 34.8 Å². The Kier molecular flexibility index (Phi) is 7.79. The van der Waals surface area contributed by atoms with Crippen LogP contribution in [-0.2, 0) is 16.1 Å². The molecule has 150 valence electrons. The highest BCUT2D eigenvalue weighted by molar-refractivity contribution is 7.97. The maximum Gasteiger partial charge on any atom is 0.229 e. The van der Waals surface area contributed by atoms with Crippen LogP contribution in [0.25, 0.3) is 0 Å². The molecule has 0 saturated carbocycles. The van der Waals surface area contributed by atoms with E-state index in [1.165, 1.54) is 25.1 Å². The number of aromatic nitrogens is 2. The van der Waals surface area contributed by atoms with Gasteiger partial charge in [-0.05, 0) is 17.7 Å². The highest BCUT2D eigenvalue weighted by atomic mass is 35.5. The predicted octanol–water partition coefficient (Wildman–Crippen LogP) is 4.19. The van der Waals surface area contributed by atoms with Crippen LogP contribution in [0.15, 0.2) is 35.6 Å². The zero-order valence-corrected chi connectivity index (χ0v) is 18.2. The molecule has 6 nitrogen and oxygen atoms in total. The molecule has 1 aliphatic heterocycles. The summed E-state index contributed by atoms with van der Waals surface area (Å²) in [6.07, 6.45) is 2.93. The van der Waals surface area contributed by atoms with Crippen LogP contribution in [0.4, 0.5) is 0 Å². The van der Waals surface area contributed by atoms with Crippen LogP contribution in [-0.4, -0.2) is 57.4 Å². The molecule has 1 aromatic carbocycles. The maximum atomic E-state index is 12.1. The van der Waals surface area contributed by atoms with E-state index in [1.807, 2.05) is 12.1 Å². The molecule has 1 amide bonds. The summed E-state index contributed by atoms with van der Waals surface area (Å²) < 4.78 is 7.47. The van der Waals surface area contributed by atoms with Gasteiger partial charge in [0.2, 0.25) is 5.91 Å². The van der Waals surface area contributed by atoms with E-state index in [-0.39, 0.29) is 17.2 Å². The topological polar surface area (TPSA) is 58.6 Å². The van der Waals surface area contributed by atoms with E-state index in [4.69, 9.17) is 39.5 Å². The number of carbonyl (C=O) groups excluding carboxylic acids is 1. The Balaban J connectivity index is 1.61. The van der Waals surface area contributed by atoms with Gasteiger partial charge in [-0.25, -0.2) is 9.97 Å². The van der Waals surface area contributed by atoms with Crippen molar-refractivity contribution in [1.82, 2.24) is 19.2 Å². The minimum Gasteiger partial charge on any atom is -0.374 e. The number of rotatable bonds is 6. The van der Waals surface area contributed by atoms with Crippen molar-refractivity contribution in [2.75, 3.05) is 26.2 Å². The Hall–Kier alpha value is -1.09. The lowest BCUT2D eigenvalue weighted by Crippen LogP contribution is -2.46. The first-order valence-electron chi connectivity index (χ1n) is 8.63. The number of carbonyl (C=O) groups is 1. The molecule has 0 unspecified atom stereocenters. The molecule has 1 aromatic heterocycles. The minimum absolute atomic E-state index is 0.100. The molecule has 1 aliphatic rings. The number of halogens is 3. The van der Waals surface area contributed by atoms with Crippen molar-refractivity contribution in [3.05, 3.63) is 51.4 Å². The second-order valence-corrected chi connectivity index (χ2v) is 8.48. The molecule has 2 aromatic rings. The van der Waals surface area contributed by atoms with Crippen LogP contribution in [0.2, 0.25) is 15.2 Å². The molecule has 0 radical (unpaired) electrons. The van der Waals surface area contributed by atoms with Gasteiger partial charge in [0.1, 0.15) is 0 Å². The summed E-state index contributed by atoms with van der Waals surface area (Å²) in [4.78, 5) is 22.5. The molecule has 3 rings (SSSR count). The maximum absolute atomic E-state index is 12.1. The average Bonchev–Trinajstić information content (AvgIpc) is 2.66. The highest BCUT2D eigenvalue weighted by Gasteiger charge is 2.25. The summed E-state index contributed by atoms with van der Waals surface area (Å²) in [6.45, 7) is 4.76. The van der Waals surface area contributed by atoms with Crippen LogP contribution < -0.4 is 0 Å². The summed E-state index contributed by atoms with van der Waals surface area (Å²) in [6, 6.07) is 5.64. The van der Waals surface area contributed by atoms with E-state index in [0.717, 1.165) is 18.7 Å². The quantitative estimate of drug-likeness (QED) is 0.601. The third kappa shape index (κ3) is 5.95. The molecule has 0 aliphatic carbocycles. The molecule has 28 heavy (non-hydrogen) atoms. The smallest absolute Gasteiger partial charge is 0.229 e. The molecule has 1 saturated heterocycles. The number of amides is 1. The second-order valence-electron chi connectivity index (χ2n) is 6.30. The highest BCUT2D eigenvalue weighted by Crippen LogP contribution is 2.27. The van der Waals surface area contributed by atoms with Crippen LogP contribution in [0.5, 0.6) is 0 Å². The second kappa shape index (κ2) is 10.1. The lowest BCUT2D eigenvalue weighted by atomic mass is 10.2. The fraction of sp³-hybridized carbons (Fsp3) is 0.389. The number of nitrogens with zero attached hydrogens (tertiary/aromatic N) is 4. The predicted molar refractivity (Wildman–Crippen MR) is 112 cm³/mol. The summed E-state index contributed by atoms with van der Waals surface area (Å²) in [5, 5.41) is 1.85. The van der Waals surface area contributed by atoms with Gasteiger partial charge < -0.3 is 4.74 Å². The summed E-state index contributed by atoms with van der Waals surface area (Å²) in [5.41, 5.74) is 1.08. The normalized spacial score (nSPS) is 17.5. The van der Waals surface area contributed by atoms with Crippen molar-refractivity contribution in [2.24, 2.45) is 0 Å². The lowest BCUT2D eigenvalue weighted by Gasteiger charge is -2.35. The van der Waals surface area contributed by atoms with Gasteiger partial charge in [-0.2, -0.15) is 0 Å². The molecular formula is C18H19Cl3N4O2S. The monoisotopic (exact) mass is 460 g/mol. The first-order valence-corrected chi connectivity index (χ1v) is 10.5. The van der Waals surface area contributed by atoms with Crippen LogP contribution in [0, 0.1) is 0 Å². The van der Waals surface area contributed by atoms with E-state index in [9.17, 15) is 4.79 Å². The summed E-state index contributed by atoms with van der Waals surface area (Å²) >= 11 is 19.3. The number of morpholine rings is 1. The number of hydrogen-bond donors (Lipinski definition) is 0. The Labute approximate surface area is 183 Å². The zero-order valence-electron chi connectivity index (χ0n) is 15.1. The van der Waals surface area contributed by atoms with Gasteiger partial charge in [-0.1, -0.05) is 40.9 Å². The van der Waals surface area contributed by atoms with E-state index < -0.39 is 0 Å². The average molecular weight is 462 g/mol. The van der Waals surface area contributed by atoms with Crippen LogP contribution in [0.1, 0.15) is 12.5 Å². The van der Waals surface area contributed by atoms with E-state index in [2.05, 4.69) is 14.9 Å². The van der Waals surface area contributed by atoms with Crippen molar-refractivity contribution >= 4 is 52.7 Å². The first-order chi connectivity index (χ1) is 13.4. The van der Waals surface area contributed by atoms with Gasteiger partial charge in [0.05, 0.1) is 29.3 Å². The van der Waals surface area contributed by atoms with Gasteiger partial charge in [0, 0.05) is 50.9 Å². The first kappa shape index (κ1) is 21.6. The summed E-state index contributed by atoms with van der Waals surface area (Å²) in [5.74, 6) is -0.100. The number of benzene rings is 1. The SMILES string of the molecule is CC(=O)N(C[C@@H]1CN(Cc2ccc(Cl)c(Cl)c2)CCO1)Sc1nccnc1Cl. The van der Waals surface area contributed by atoms with E-state index >= 15 is 0 Å². The molecule has 0 bridgehead atoms. The molecular weight excluding hydrogens is 443 g/mol. The standard InChI is InChI=1S/C18H19Cl3N4O2S/c1-12(26)25(28-18-17(21)22-4-5-23-18)11-14-10-24(6-7-27-14)9-13-2-3-15(19)16(20)8-13/h2-5,8,14H,6-7,9-11H2,1H3/t14-/m0/s1. The minimum atomic E-state index is -0.122.